The minimum absolute atomic E-state index is 0.0301. The summed E-state index contributed by atoms with van der Waals surface area (Å²) in [6, 6.07) is 0. The smallest absolute Gasteiger partial charge is 0.139 e. The van der Waals surface area contributed by atoms with Crippen LogP contribution in [0.5, 0.6) is 0 Å². The van der Waals surface area contributed by atoms with Crippen molar-refractivity contribution in [3.8, 4) is 0 Å². The van der Waals surface area contributed by atoms with Gasteiger partial charge in [0.15, 0.2) is 0 Å². The Hall–Kier alpha value is -0.110. The molecule has 0 bridgehead atoms. The number of hydrogen-bond acceptors (Lipinski definition) is 1. The fourth-order valence-electron chi connectivity index (χ4n) is 1.70. The molecule has 2 heteroatoms. The van der Waals surface area contributed by atoms with Crippen LogP contribution in [0.4, 0.5) is 4.39 Å². The van der Waals surface area contributed by atoms with E-state index in [1.807, 2.05) is 20.8 Å². The van der Waals surface area contributed by atoms with Crippen molar-refractivity contribution >= 4 is 0 Å². The lowest BCUT2D eigenvalue weighted by molar-refractivity contribution is 0.0147. The van der Waals surface area contributed by atoms with Crippen LogP contribution in [-0.2, 0) is 4.74 Å². The Morgan fingerprint density at radius 1 is 1.45 bits per heavy atom. The van der Waals surface area contributed by atoms with Gasteiger partial charge in [-0.1, -0.05) is 13.8 Å². The van der Waals surface area contributed by atoms with E-state index in [0.717, 1.165) is 6.42 Å². The van der Waals surface area contributed by atoms with Crippen molar-refractivity contribution in [3.05, 3.63) is 0 Å². The van der Waals surface area contributed by atoms with Crippen molar-refractivity contribution < 1.29 is 9.13 Å². The first-order chi connectivity index (χ1) is 5.00. The lowest BCUT2D eigenvalue weighted by atomic mass is 9.87. The van der Waals surface area contributed by atoms with Gasteiger partial charge in [-0.2, -0.15) is 0 Å². The molecule has 0 aromatic rings. The summed E-state index contributed by atoms with van der Waals surface area (Å²) in [4.78, 5) is 0. The zero-order chi connectivity index (χ0) is 8.65. The third kappa shape index (κ3) is 1.28. The van der Waals surface area contributed by atoms with Crippen LogP contribution in [0.3, 0.4) is 0 Å². The van der Waals surface area contributed by atoms with Crippen molar-refractivity contribution in [1.82, 2.24) is 0 Å². The molecule has 0 radical (unpaired) electrons. The van der Waals surface area contributed by atoms with Crippen LogP contribution in [0.15, 0.2) is 0 Å². The van der Waals surface area contributed by atoms with E-state index in [4.69, 9.17) is 4.74 Å². The highest BCUT2D eigenvalue weighted by atomic mass is 19.1. The molecular weight excluding hydrogens is 143 g/mol. The topological polar surface area (TPSA) is 9.23 Å². The summed E-state index contributed by atoms with van der Waals surface area (Å²) in [7, 11) is 0. The first kappa shape index (κ1) is 8.98. The number of rotatable bonds is 1. The van der Waals surface area contributed by atoms with Gasteiger partial charge in [-0.05, 0) is 20.3 Å². The number of halogens is 1. The number of alkyl halides is 1. The summed E-state index contributed by atoms with van der Waals surface area (Å²) in [5, 5.41) is 0. The first-order valence-corrected chi connectivity index (χ1v) is 4.34. The van der Waals surface area contributed by atoms with Crippen molar-refractivity contribution in [3.63, 3.8) is 0 Å². The highest BCUT2D eigenvalue weighted by molar-refractivity contribution is 4.96. The molecule has 1 aliphatic heterocycles. The lowest BCUT2D eigenvalue weighted by Crippen LogP contribution is -2.33. The minimum atomic E-state index is -1.14. The highest BCUT2D eigenvalue weighted by Crippen LogP contribution is 2.39. The van der Waals surface area contributed by atoms with Crippen LogP contribution in [-0.4, -0.2) is 17.9 Å². The van der Waals surface area contributed by atoms with Crippen LogP contribution >= 0.6 is 0 Å². The van der Waals surface area contributed by atoms with Crippen LogP contribution in [0.1, 0.15) is 34.1 Å². The molecular formula is C9H17FO. The van der Waals surface area contributed by atoms with E-state index in [1.54, 1.807) is 6.92 Å². The van der Waals surface area contributed by atoms with Crippen LogP contribution in [0.25, 0.3) is 0 Å². The summed E-state index contributed by atoms with van der Waals surface area (Å²) in [6.45, 7) is 7.41. The Morgan fingerprint density at radius 2 is 2.00 bits per heavy atom. The molecule has 1 fully saturated rings. The predicted octanol–water partition coefficient (Wildman–Crippen LogP) is 2.55. The van der Waals surface area contributed by atoms with Crippen molar-refractivity contribution in [2.45, 2.75) is 52.0 Å². The van der Waals surface area contributed by atoms with Gasteiger partial charge in [0, 0.05) is 5.92 Å². The largest absolute Gasteiger partial charge is 0.372 e. The van der Waals surface area contributed by atoms with Crippen LogP contribution in [0.2, 0.25) is 0 Å². The fraction of sp³-hybridized carbons (Fsp3) is 1.00. The Balaban J connectivity index is 2.71. The SMILES string of the molecule is CC[C@H]1OC(C)[C@](C)(F)C1C. The maximum absolute atomic E-state index is 13.7. The maximum atomic E-state index is 13.7. The molecule has 0 aromatic heterocycles. The minimum Gasteiger partial charge on any atom is -0.372 e. The van der Waals surface area contributed by atoms with Gasteiger partial charge in [-0.25, -0.2) is 4.39 Å². The second-order valence-corrected chi connectivity index (χ2v) is 3.66. The van der Waals surface area contributed by atoms with E-state index < -0.39 is 5.67 Å². The average Bonchev–Trinajstić information content (AvgIpc) is 2.14. The molecule has 1 rings (SSSR count). The Labute approximate surface area is 67.9 Å². The summed E-state index contributed by atoms with van der Waals surface area (Å²) < 4.78 is 19.2. The van der Waals surface area contributed by atoms with Gasteiger partial charge in [0.1, 0.15) is 5.67 Å². The quantitative estimate of drug-likeness (QED) is 0.572. The third-order valence-electron chi connectivity index (χ3n) is 3.02. The number of ether oxygens (including phenoxy) is 1. The Morgan fingerprint density at radius 3 is 2.18 bits per heavy atom. The average molecular weight is 160 g/mol. The van der Waals surface area contributed by atoms with Crippen LogP contribution in [0, 0.1) is 5.92 Å². The first-order valence-electron chi connectivity index (χ1n) is 4.34. The molecule has 11 heavy (non-hydrogen) atoms. The molecule has 0 spiro atoms. The van der Waals surface area contributed by atoms with E-state index in [0.29, 0.717) is 0 Å². The second kappa shape index (κ2) is 2.74. The van der Waals surface area contributed by atoms with Crippen molar-refractivity contribution in [2.24, 2.45) is 5.92 Å². The van der Waals surface area contributed by atoms with Crippen molar-refractivity contribution in [2.75, 3.05) is 0 Å². The Bertz CT molecular complexity index is 144. The van der Waals surface area contributed by atoms with Gasteiger partial charge in [0.25, 0.3) is 0 Å². The number of hydrogen-bond donors (Lipinski definition) is 0. The molecule has 0 aliphatic carbocycles. The Kier molecular flexibility index (Phi) is 2.24. The van der Waals surface area contributed by atoms with E-state index in [9.17, 15) is 4.39 Å². The normalized spacial score (nSPS) is 51.5. The van der Waals surface area contributed by atoms with E-state index >= 15 is 0 Å². The van der Waals surface area contributed by atoms with E-state index in [1.165, 1.54) is 0 Å². The lowest BCUT2D eigenvalue weighted by Gasteiger charge is -2.21. The molecule has 0 N–H and O–H groups in total. The zero-order valence-electron chi connectivity index (χ0n) is 7.73. The van der Waals surface area contributed by atoms with E-state index in [2.05, 4.69) is 0 Å². The van der Waals surface area contributed by atoms with Gasteiger partial charge < -0.3 is 4.74 Å². The van der Waals surface area contributed by atoms with Gasteiger partial charge in [-0.3, -0.25) is 0 Å². The van der Waals surface area contributed by atoms with Gasteiger partial charge >= 0.3 is 0 Å². The molecule has 0 aromatic carbocycles. The molecule has 2 unspecified atom stereocenters. The highest BCUT2D eigenvalue weighted by Gasteiger charge is 2.48. The predicted molar refractivity (Wildman–Crippen MR) is 43.3 cm³/mol. The van der Waals surface area contributed by atoms with Gasteiger partial charge in [-0.15, -0.1) is 0 Å². The fourth-order valence-corrected chi connectivity index (χ4v) is 1.70. The summed E-state index contributed by atoms with van der Waals surface area (Å²) in [6.07, 6.45) is 0.771. The molecule has 1 nitrogen and oxygen atoms in total. The summed E-state index contributed by atoms with van der Waals surface area (Å²) in [5.41, 5.74) is -1.14. The molecule has 4 atom stereocenters. The monoisotopic (exact) mass is 160 g/mol. The standard InChI is InChI=1S/C9H17FO/c1-5-8-6(2)9(4,10)7(3)11-8/h6-8H,5H2,1-4H3/t6?,7?,8-,9-/m1/s1. The summed E-state index contributed by atoms with van der Waals surface area (Å²) >= 11 is 0. The van der Waals surface area contributed by atoms with Crippen LogP contribution < -0.4 is 0 Å². The maximum Gasteiger partial charge on any atom is 0.139 e. The van der Waals surface area contributed by atoms with Gasteiger partial charge in [0.05, 0.1) is 12.2 Å². The molecule has 1 aliphatic rings. The third-order valence-corrected chi connectivity index (χ3v) is 3.02. The van der Waals surface area contributed by atoms with Crippen molar-refractivity contribution in [1.29, 1.82) is 0 Å². The molecule has 1 heterocycles. The molecule has 66 valence electrons. The molecule has 1 saturated heterocycles. The molecule has 0 amide bonds. The van der Waals surface area contributed by atoms with Gasteiger partial charge in [0.2, 0.25) is 0 Å². The molecule has 0 saturated carbocycles. The summed E-state index contributed by atoms with van der Waals surface area (Å²) in [5.74, 6) is 0.0301. The second-order valence-electron chi connectivity index (χ2n) is 3.66. The van der Waals surface area contributed by atoms with E-state index in [-0.39, 0.29) is 18.1 Å². The zero-order valence-corrected chi connectivity index (χ0v) is 7.73.